The molecule has 0 fully saturated rings. The monoisotopic (exact) mass is 586 g/mol. The quantitative estimate of drug-likeness (QED) is 0.186. The van der Waals surface area contributed by atoms with Gasteiger partial charge < -0.3 is 0 Å². The van der Waals surface area contributed by atoms with Gasteiger partial charge in [0.15, 0.2) is 0 Å². The SMILES string of the molecule is N#CC(C#N)=C1c2cc(-c3ccc(C#N)cc3)ccc2-c2c1sc1c2-c2ccc(-c3ccc(C#N)cc3)cc2C1=C(C#N)C#N. The van der Waals surface area contributed by atoms with Gasteiger partial charge in [0.2, 0.25) is 0 Å². The smallest absolute Gasteiger partial charge is 0.138 e. The fourth-order valence-electron chi connectivity index (χ4n) is 6.08. The van der Waals surface area contributed by atoms with Crippen LogP contribution >= 0.6 is 11.3 Å². The first-order chi connectivity index (χ1) is 22.0. The summed E-state index contributed by atoms with van der Waals surface area (Å²) in [6.45, 7) is 0. The second-order valence-electron chi connectivity index (χ2n) is 10.4. The van der Waals surface area contributed by atoms with Crippen molar-refractivity contribution >= 4 is 22.5 Å². The number of thiophene rings is 1. The van der Waals surface area contributed by atoms with Crippen molar-refractivity contribution in [1.82, 2.24) is 0 Å². The average Bonchev–Trinajstić information content (AvgIpc) is 3.72. The third-order valence-corrected chi connectivity index (χ3v) is 9.35. The maximum Gasteiger partial charge on any atom is 0.138 e. The summed E-state index contributed by atoms with van der Waals surface area (Å²) in [5.74, 6) is 0. The van der Waals surface area contributed by atoms with Crippen LogP contribution in [0, 0.1) is 68.0 Å². The van der Waals surface area contributed by atoms with Crippen LogP contribution in [0.2, 0.25) is 0 Å². The standard InChI is InChI=1S/C38H14N6S/c39-15-21-1-5-23(6-2-21)25-9-11-29-31(13-25)33(27(17-41)18-42)37-35(29)36-30-12-10-26(24-7-3-22(16-40)4-8-24)14-32(30)34(38(36)45-37)28(19-43)20-44/h1-14H. The number of fused-ring (bicyclic) bond motifs is 7. The molecule has 0 bridgehead atoms. The van der Waals surface area contributed by atoms with Gasteiger partial charge >= 0.3 is 0 Å². The van der Waals surface area contributed by atoms with Gasteiger partial charge in [-0.25, -0.2) is 0 Å². The summed E-state index contributed by atoms with van der Waals surface area (Å²) in [6.07, 6.45) is 0. The number of nitrogens with zero attached hydrogens (tertiary/aromatic N) is 6. The highest BCUT2D eigenvalue weighted by Gasteiger charge is 2.39. The molecule has 2 aliphatic carbocycles. The van der Waals surface area contributed by atoms with Crippen molar-refractivity contribution in [3.63, 3.8) is 0 Å². The van der Waals surface area contributed by atoms with Gasteiger partial charge in [0.1, 0.15) is 35.4 Å². The van der Waals surface area contributed by atoms with E-state index in [0.29, 0.717) is 22.3 Å². The summed E-state index contributed by atoms with van der Waals surface area (Å²) in [5.41, 5.74) is 10.6. The minimum absolute atomic E-state index is 0.0189. The Hall–Kier alpha value is -7.00. The van der Waals surface area contributed by atoms with E-state index in [2.05, 4.69) is 36.4 Å². The Balaban J connectivity index is 1.49. The van der Waals surface area contributed by atoms with E-state index in [4.69, 9.17) is 0 Å². The highest BCUT2D eigenvalue weighted by atomic mass is 32.1. The van der Waals surface area contributed by atoms with E-state index in [1.54, 1.807) is 24.3 Å². The molecule has 4 aromatic carbocycles. The van der Waals surface area contributed by atoms with Gasteiger partial charge in [0.05, 0.1) is 23.3 Å². The lowest BCUT2D eigenvalue weighted by Gasteiger charge is -2.09. The zero-order valence-electron chi connectivity index (χ0n) is 23.2. The van der Waals surface area contributed by atoms with Crippen molar-refractivity contribution in [2.45, 2.75) is 0 Å². The molecule has 0 atom stereocenters. The molecule has 0 radical (unpaired) electrons. The highest BCUT2D eigenvalue weighted by Crippen LogP contribution is 2.61. The molecule has 0 spiro atoms. The van der Waals surface area contributed by atoms with Crippen molar-refractivity contribution < 1.29 is 0 Å². The maximum absolute atomic E-state index is 10.0. The predicted octanol–water partition coefficient (Wildman–Crippen LogP) is 8.48. The summed E-state index contributed by atoms with van der Waals surface area (Å²) >= 11 is 1.38. The normalized spacial score (nSPS) is 11.3. The lowest BCUT2D eigenvalue weighted by molar-refractivity contribution is 1.46. The Bertz CT molecular complexity index is 2260. The Kier molecular flexibility index (Phi) is 6.19. The van der Waals surface area contributed by atoms with Gasteiger partial charge in [-0.1, -0.05) is 48.5 Å². The molecule has 0 aliphatic heterocycles. The maximum atomic E-state index is 10.0. The van der Waals surface area contributed by atoms with Gasteiger partial charge in [0.25, 0.3) is 0 Å². The van der Waals surface area contributed by atoms with Crippen LogP contribution in [0.3, 0.4) is 0 Å². The first-order valence-corrected chi connectivity index (χ1v) is 14.4. The third-order valence-electron chi connectivity index (χ3n) is 8.12. The molecule has 7 rings (SSSR count). The molecule has 0 saturated heterocycles. The van der Waals surface area contributed by atoms with Crippen LogP contribution < -0.4 is 0 Å². The molecule has 45 heavy (non-hydrogen) atoms. The van der Waals surface area contributed by atoms with Crippen molar-refractivity contribution in [2.24, 2.45) is 0 Å². The summed E-state index contributed by atoms with van der Waals surface area (Å²) < 4.78 is 0. The molecule has 1 heterocycles. The fourth-order valence-corrected chi connectivity index (χ4v) is 7.54. The minimum atomic E-state index is -0.0189. The van der Waals surface area contributed by atoms with Gasteiger partial charge in [-0.15, -0.1) is 11.3 Å². The molecule has 0 saturated carbocycles. The van der Waals surface area contributed by atoms with E-state index in [-0.39, 0.29) is 11.1 Å². The molecule has 0 unspecified atom stereocenters. The predicted molar refractivity (Wildman–Crippen MR) is 170 cm³/mol. The minimum Gasteiger partial charge on any atom is -0.192 e. The second kappa shape index (κ2) is 10.4. The first kappa shape index (κ1) is 26.9. The van der Waals surface area contributed by atoms with Crippen LogP contribution in [0.5, 0.6) is 0 Å². The molecule has 5 aromatic rings. The number of hydrogen-bond donors (Lipinski definition) is 0. The van der Waals surface area contributed by atoms with E-state index in [0.717, 1.165) is 65.4 Å². The largest absolute Gasteiger partial charge is 0.192 e. The second-order valence-corrected chi connectivity index (χ2v) is 11.4. The molecule has 0 N–H and O–H groups in total. The molecule has 202 valence electrons. The van der Waals surface area contributed by atoms with E-state index in [1.165, 1.54) is 11.3 Å². The van der Waals surface area contributed by atoms with Crippen LogP contribution in [0.25, 0.3) is 55.7 Å². The van der Waals surface area contributed by atoms with Crippen LogP contribution in [-0.4, -0.2) is 0 Å². The Morgan fingerprint density at radius 1 is 0.422 bits per heavy atom. The lowest BCUT2D eigenvalue weighted by Crippen LogP contribution is -1.89. The number of nitriles is 6. The fraction of sp³-hybridized carbons (Fsp3) is 0. The Morgan fingerprint density at radius 2 is 0.778 bits per heavy atom. The topological polar surface area (TPSA) is 143 Å². The number of hydrogen-bond acceptors (Lipinski definition) is 7. The van der Waals surface area contributed by atoms with Crippen molar-refractivity contribution in [3.8, 4) is 80.9 Å². The highest BCUT2D eigenvalue weighted by molar-refractivity contribution is 7.16. The van der Waals surface area contributed by atoms with Crippen LogP contribution in [0.1, 0.15) is 32.0 Å². The lowest BCUT2D eigenvalue weighted by atomic mass is 9.93. The zero-order chi connectivity index (χ0) is 31.2. The number of allylic oxidation sites excluding steroid dienone is 2. The van der Waals surface area contributed by atoms with E-state index in [1.807, 2.05) is 60.7 Å². The summed E-state index contributed by atoms with van der Waals surface area (Å²) in [6, 6.07) is 38.9. The first-order valence-electron chi connectivity index (χ1n) is 13.6. The molecule has 1 aromatic heterocycles. The van der Waals surface area contributed by atoms with Crippen LogP contribution in [0.15, 0.2) is 96.1 Å². The van der Waals surface area contributed by atoms with Crippen LogP contribution in [0.4, 0.5) is 0 Å². The summed E-state index contributed by atoms with van der Waals surface area (Å²) in [7, 11) is 0. The van der Waals surface area contributed by atoms with E-state index >= 15 is 0 Å². The summed E-state index contributed by atoms with van der Waals surface area (Å²) in [4.78, 5) is 1.50. The summed E-state index contributed by atoms with van der Waals surface area (Å²) in [5, 5.41) is 58.4. The zero-order valence-corrected chi connectivity index (χ0v) is 24.0. The van der Waals surface area contributed by atoms with Gasteiger partial charge in [-0.2, -0.15) is 31.6 Å². The molecule has 0 amide bonds. The van der Waals surface area contributed by atoms with Crippen molar-refractivity contribution in [2.75, 3.05) is 0 Å². The van der Waals surface area contributed by atoms with Crippen molar-refractivity contribution in [3.05, 3.63) is 128 Å². The average molecular weight is 587 g/mol. The van der Waals surface area contributed by atoms with Gasteiger partial charge in [0, 0.05) is 32.0 Å². The van der Waals surface area contributed by atoms with E-state index in [9.17, 15) is 31.6 Å². The Labute approximate surface area is 262 Å². The third kappa shape index (κ3) is 3.96. The molecule has 6 nitrogen and oxygen atoms in total. The molecule has 2 aliphatic rings. The molecule has 7 heteroatoms. The van der Waals surface area contributed by atoms with Crippen LogP contribution in [-0.2, 0) is 0 Å². The van der Waals surface area contributed by atoms with E-state index < -0.39 is 0 Å². The number of rotatable bonds is 2. The van der Waals surface area contributed by atoms with Gasteiger partial charge in [-0.05, 0) is 80.9 Å². The van der Waals surface area contributed by atoms with Crippen molar-refractivity contribution in [1.29, 1.82) is 31.6 Å². The van der Waals surface area contributed by atoms with Gasteiger partial charge in [-0.3, -0.25) is 0 Å². The Morgan fingerprint density at radius 3 is 1.11 bits per heavy atom. The molecular weight excluding hydrogens is 573 g/mol. The number of benzene rings is 4. The molecular formula is C38H14N6S.